The molecular weight excluding hydrogens is 268 g/mol. The topological polar surface area (TPSA) is 63.5 Å². The van der Waals surface area contributed by atoms with E-state index in [4.69, 9.17) is 11.6 Å². The number of nitro groups is 1. The molecular formula is C13H13ClN2O3. The maximum absolute atomic E-state index is 12.2. The van der Waals surface area contributed by atoms with Crippen LogP contribution in [0.1, 0.15) is 10.4 Å². The van der Waals surface area contributed by atoms with Crippen LogP contribution >= 0.6 is 11.6 Å². The molecule has 0 heterocycles. The van der Waals surface area contributed by atoms with E-state index in [-0.39, 0.29) is 22.2 Å². The minimum Gasteiger partial charge on any atom is -0.331 e. The Balaban J connectivity index is 3.07. The standard InChI is InChI=1S/C13H13ClN2O3/c1-3-7-15(8-4-2)13(17)11-6-5-10(16(18)19)9-12(11)14/h3-6,9H,1-2,7-8H2. The van der Waals surface area contributed by atoms with Crippen molar-refractivity contribution in [1.82, 2.24) is 4.90 Å². The summed E-state index contributed by atoms with van der Waals surface area (Å²) in [6.07, 6.45) is 3.17. The highest BCUT2D eigenvalue weighted by molar-refractivity contribution is 6.34. The van der Waals surface area contributed by atoms with Gasteiger partial charge in [0, 0.05) is 25.2 Å². The van der Waals surface area contributed by atoms with Crippen molar-refractivity contribution in [3.8, 4) is 0 Å². The van der Waals surface area contributed by atoms with Gasteiger partial charge in [-0.05, 0) is 6.07 Å². The number of amides is 1. The molecule has 0 spiro atoms. The minimum absolute atomic E-state index is 0.0531. The van der Waals surface area contributed by atoms with Crippen LogP contribution in [0.3, 0.4) is 0 Å². The highest BCUT2D eigenvalue weighted by Gasteiger charge is 2.18. The first-order valence-corrected chi connectivity index (χ1v) is 5.84. The van der Waals surface area contributed by atoms with E-state index in [1.807, 2.05) is 0 Å². The molecule has 0 aliphatic carbocycles. The van der Waals surface area contributed by atoms with Crippen LogP contribution in [0.2, 0.25) is 5.02 Å². The number of hydrogen-bond donors (Lipinski definition) is 0. The van der Waals surface area contributed by atoms with Crippen molar-refractivity contribution in [2.24, 2.45) is 0 Å². The number of hydrogen-bond acceptors (Lipinski definition) is 3. The normalized spacial score (nSPS) is 9.74. The van der Waals surface area contributed by atoms with Crippen LogP contribution in [0, 0.1) is 10.1 Å². The predicted octanol–water partition coefficient (Wildman–Crippen LogP) is 3.06. The second kappa shape index (κ2) is 6.70. The first-order valence-electron chi connectivity index (χ1n) is 5.46. The van der Waals surface area contributed by atoms with Gasteiger partial charge in [-0.25, -0.2) is 0 Å². The van der Waals surface area contributed by atoms with Crippen molar-refractivity contribution < 1.29 is 9.72 Å². The van der Waals surface area contributed by atoms with Crippen molar-refractivity contribution in [2.45, 2.75) is 0 Å². The summed E-state index contributed by atoms with van der Waals surface area (Å²) in [5, 5.41) is 10.7. The third kappa shape index (κ3) is 3.66. The fourth-order valence-corrected chi connectivity index (χ4v) is 1.77. The molecule has 1 aromatic carbocycles. The summed E-state index contributed by atoms with van der Waals surface area (Å²) in [7, 11) is 0. The fourth-order valence-electron chi connectivity index (χ4n) is 1.51. The Kier molecular flexibility index (Phi) is 5.26. The van der Waals surface area contributed by atoms with E-state index < -0.39 is 4.92 Å². The van der Waals surface area contributed by atoms with Gasteiger partial charge in [0.05, 0.1) is 15.5 Å². The third-order valence-corrected chi connectivity index (χ3v) is 2.69. The average Bonchev–Trinajstić information content (AvgIpc) is 2.37. The van der Waals surface area contributed by atoms with E-state index in [2.05, 4.69) is 13.2 Å². The van der Waals surface area contributed by atoms with Crippen molar-refractivity contribution in [1.29, 1.82) is 0 Å². The van der Waals surface area contributed by atoms with Crippen LogP contribution < -0.4 is 0 Å². The lowest BCUT2D eigenvalue weighted by atomic mass is 10.1. The van der Waals surface area contributed by atoms with Crippen LogP contribution in [-0.4, -0.2) is 28.8 Å². The highest BCUT2D eigenvalue weighted by Crippen LogP contribution is 2.23. The van der Waals surface area contributed by atoms with E-state index in [9.17, 15) is 14.9 Å². The van der Waals surface area contributed by atoms with E-state index in [1.165, 1.54) is 17.0 Å². The van der Waals surface area contributed by atoms with Crippen LogP contribution in [0.5, 0.6) is 0 Å². The Bertz CT molecular complexity index is 519. The quantitative estimate of drug-likeness (QED) is 0.457. The Morgan fingerprint density at radius 2 is 1.95 bits per heavy atom. The maximum atomic E-state index is 12.2. The van der Waals surface area contributed by atoms with E-state index in [1.54, 1.807) is 12.2 Å². The molecule has 1 aromatic rings. The van der Waals surface area contributed by atoms with Gasteiger partial charge in [0.2, 0.25) is 0 Å². The monoisotopic (exact) mass is 280 g/mol. The number of non-ortho nitro benzene ring substituents is 1. The Labute approximate surface area is 115 Å². The first-order chi connectivity index (χ1) is 9.01. The number of carbonyl (C=O) groups excluding carboxylic acids is 1. The lowest BCUT2D eigenvalue weighted by Crippen LogP contribution is -2.31. The SMILES string of the molecule is C=CCN(CC=C)C(=O)c1ccc([N+](=O)[O-])cc1Cl. The molecule has 0 aliphatic rings. The molecule has 0 atom stereocenters. The zero-order valence-corrected chi connectivity index (χ0v) is 11.0. The van der Waals surface area contributed by atoms with Crippen LogP contribution in [0.4, 0.5) is 5.69 Å². The van der Waals surface area contributed by atoms with Gasteiger partial charge in [-0.15, -0.1) is 13.2 Å². The molecule has 0 bridgehead atoms. The maximum Gasteiger partial charge on any atom is 0.270 e. The van der Waals surface area contributed by atoms with Gasteiger partial charge >= 0.3 is 0 Å². The molecule has 0 saturated heterocycles. The van der Waals surface area contributed by atoms with Gasteiger partial charge in [0.25, 0.3) is 11.6 Å². The van der Waals surface area contributed by atoms with Gasteiger partial charge in [-0.3, -0.25) is 14.9 Å². The largest absolute Gasteiger partial charge is 0.331 e. The van der Waals surface area contributed by atoms with Crippen molar-refractivity contribution >= 4 is 23.2 Å². The molecule has 0 aliphatic heterocycles. The molecule has 5 nitrogen and oxygen atoms in total. The van der Waals surface area contributed by atoms with E-state index >= 15 is 0 Å². The zero-order valence-electron chi connectivity index (χ0n) is 10.2. The summed E-state index contributed by atoms with van der Waals surface area (Å²) in [6.45, 7) is 7.83. The van der Waals surface area contributed by atoms with Crippen LogP contribution in [-0.2, 0) is 0 Å². The summed E-state index contributed by atoms with van der Waals surface area (Å²) in [4.78, 5) is 23.7. The second-order valence-corrected chi connectivity index (χ2v) is 4.12. The number of nitro benzene ring substituents is 1. The fraction of sp³-hybridized carbons (Fsp3) is 0.154. The number of halogens is 1. The van der Waals surface area contributed by atoms with Crippen LogP contribution in [0.15, 0.2) is 43.5 Å². The molecule has 1 rings (SSSR count). The molecule has 0 radical (unpaired) electrons. The average molecular weight is 281 g/mol. The van der Waals surface area contributed by atoms with Gasteiger partial charge in [-0.1, -0.05) is 23.8 Å². The molecule has 0 fully saturated rings. The lowest BCUT2D eigenvalue weighted by molar-refractivity contribution is -0.384. The number of benzene rings is 1. The van der Waals surface area contributed by atoms with Crippen molar-refractivity contribution in [3.05, 3.63) is 64.2 Å². The van der Waals surface area contributed by atoms with Crippen molar-refractivity contribution in [3.63, 3.8) is 0 Å². The Hall–Kier alpha value is -2.14. The highest BCUT2D eigenvalue weighted by atomic mass is 35.5. The van der Waals surface area contributed by atoms with Gasteiger partial charge in [0.15, 0.2) is 0 Å². The summed E-state index contributed by atoms with van der Waals surface area (Å²) in [5.41, 5.74) is 0.0662. The van der Waals surface area contributed by atoms with E-state index in [0.29, 0.717) is 13.1 Å². The van der Waals surface area contributed by atoms with Gasteiger partial charge in [-0.2, -0.15) is 0 Å². The summed E-state index contributed by atoms with van der Waals surface area (Å²) in [5.74, 6) is -0.320. The molecule has 100 valence electrons. The molecule has 19 heavy (non-hydrogen) atoms. The van der Waals surface area contributed by atoms with E-state index in [0.717, 1.165) is 6.07 Å². The molecule has 0 unspecified atom stereocenters. The molecule has 0 N–H and O–H groups in total. The van der Waals surface area contributed by atoms with Gasteiger partial charge < -0.3 is 4.90 Å². The summed E-state index contributed by atoms with van der Waals surface area (Å²) in [6, 6.07) is 3.76. The zero-order chi connectivity index (χ0) is 14.4. The van der Waals surface area contributed by atoms with Crippen LogP contribution in [0.25, 0.3) is 0 Å². The number of carbonyl (C=O) groups is 1. The smallest absolute Gasteiger partial charge is 0.270 e. The molecule has 0 aromatic heterocycles. The number of nitrogens with zero attached hydrogens (tertiary/aromatic N) is 2. The van der Waals surface area contributed by atoms with Gasteiger partial charge in [0.1, 0.15) is 0 Å². The summed E-state index contributed by atoms with van der Waals surface area (Å²) < 4.78 is 0. The lowest BCUT2D eigenvalue weighted by Gasteiger charge is -2.19. The predicted molar refractivity (Wildman–Crippen MR) is 74.4 cm³/mol. The minimum atomic E-state index is -0.564. The summed E-state index contributed by atoms with van der Waals surface area (Å²) >= 11 is 5.91. The first kappa shape index (κ1) is 14.9. The molecule has 6 heteroatoms. The molecule has 1 amide bonds. The second-order valence-electron chi connectivity index (χ2n) is 3.71. The Morgan fingerprint density at radius 1 is 1.37 bits per heavy atom. The molecule has 0 saturated carbocycles. The van der Waals surface area contributed by atoms with Crippen molar-refractivity contribution in [2.75, 3.05) is 13.1 Å². The Morgan fingerprint density at radius 3 is 2.37 bits per heavy atom. The third-order valence-electron chi connectivity index (χ3n) is 2.38. The number of rotatable bonds is 6.